The molecule has 0 rings (SSSR count). The van der Waals surface area contributed by atoms with Crippen molar-refractivity contribution in [2.75, 3.05) is 13.2 Å². The molecule has 1 unspecified atom stereocenters. The van der Waals surface area contributed by atoms with E-state index in [0.29, 0.717) is 12.8 Å². The number of esters is 3. The molecule has 0 aromatic carbocycles. The van der Waals surface area contributed by atoms with E-state index in [-0.39, 0.29) is 44.0 Å². The van der Waals surface area contributed by atoms with Crippen LogP contribution in [0.4, 0.5) is 0 Å². The highest BCUT2D eigenvalue weighted by molar-refractivity contribution is 5.71. The topological polar surface area (TPSA) is 78.9 Å². The summed E-state index contributed by atoms with van der Waals surface area (Å²) in [5, 5.41) is 0. The first kappa shape index (κ1) is 59.8. The van der Waals surface area contributed by atoms with E-state index < -0.39 is 6.10 Å². The summed E-state index contributed by atoms with van der Waals surface area (Å²) in [6, 6.07) is 0. The highest BCUT2D eigenvalue weighted by Crippen LogP contribution is 2.14. The second kappa shape index (κ2) is 51.4. The van der Waals surface area contributed by atoms with Crippen molar-refractivity contribution in [1.29, 1.82) is 0 Å². The first-order valence-corrected chi connectivity index (χ1v) is 25.6. The van der Waals surface area contributed by atoms with E-state index in [1.54, 1.807) is 0 Å². The second-order valence-corrected chi connectivity index (χ2v) is 16.5. The van der Waals surface area contributed by atoms with E-state index in [1.165, 1.54) is 77.0 Å². The number of allylic oxidation sites excluding steroid dienone is 20. The third kappa shape index (κ3) is 48.8. The smallest absolute Gasteiger partial charge is 0.306 e. The highest BCUT2D eigenvalue weighted by Gasteiger charge is 2.19. The minimum absolute atomic E-state index is 0.115. The largest absolute Gasteiger partial charge is 0.462 e. The molecule has 0 saturated carbocycles. The van der Waals surface area contributed by atoms with Crippen LogP contribution in [0.1, 0.15) is 207 Å². The Morgan fingerprint density at radius 3 is 1.22 bits per heavy atom. The van der Waals surface area contributed by atoms with E-state index in [0.717, 1.165) is 83.5 Å². The summed E-state index contributed by atoms with van der Waals surface area (Å²) in [4.78, 5) is 37.9. The summed E-state index contributed by atoms with van der Waals surface area (Å²) < 4.78 is 16.7. The van der Waals surface area contributed by atoms with Gasteiger partial charge in [0.25, 0.3) is 0 Å². The van der Waals surface area contributed by atoms with Gasteiger partial charge in [0.2, 0.25) is 0 Å². The molecule has 360 valence electrons. The Morgan fingerprint density at radius 1 is 0.344 bits per heavy atom. The molecular formula is C58H92O6. The maximum atomic E-state index is 12.8. The minimum Gasteiger partial charge on any atom is -0.462 e. The van der Waals surface area contributed by atoms with Crippen molar-refractivity contribution in [3.63, 3.8) is 0 Å². The predicted molar refractivity (Wildman–Crippen MR) is 274 cm³/mol. The van der Waals surface area contributed by atoms with Gasteiger partial charge in [-0.2, -0.15) is 0 Å². The Kier molecular flexibility index (Phi) is 48.1. The molecule has 6 nitrogen and oxygen atoms in total. The van der Waals surface area contributed by atoms with Crippen LogP contribution in [0.25, 0.3) is 0 Å². The molecule has 0 heterocycles. The van der Waals surface area contributed by atoms with Gasteiger partial charge in [-0.1, -0.05) is 219 Å². The number of carbonyl (C=O) groups is 3. The van der Waals surface area contributed by atoms with E-state index >= 15 is 0 Å². The molecule has 0 amide bonds. The van der Waals surface area contributed by atoms with Crippen LogP contribution >= 0.6 is 0 Å². The summed E-state index contributed by atoms with van der Waals surface area (Å²) in [6.07, 6.45) is 70.5. The molecule has 0 aliphatic rings. The van der Waals surface area contributed by atoms with Crippen molar-refractivity contribution in [1.82, 2.24) is 0 Å². The van der Waals surface area contributed by atoms with Crippen LogP contribution in [0.15, 0.2) is 122 Å². The maximum Gasteiger partial charge on any atom is 0.306 e. The number of hydrogen-bond donors (Lipinski definition) is 0. The lowest BCUT2D eigenvalue weighted by Crippen LogP contribution is -2.30. The molecule has 0 aromatic heterocycles. The molecule has 0 spiro atoms. The predicted octanol–water partition coefficient (Wildman–Crippen LogP) is 16.9. The van der Waals surface area contributed by atoms with Crippen molar-refractivity contribution in [3.05, 3.63) is 122 Å². The molecule has 0 aliphatic heterocycles. The zero-order valence-corrected chi connectivity index (χ0v) is 41.0. The van der Waals surface area contributed by atoms with Gasteiger partial charge in [0.05, 0.1) is 0 Å². The maximum absolute atomic E-state index is 12.8. The van der Waals surface area contributed by atoms with Crippen LogP contribution in [0, 0.1) is 0 Å². The van der Waals surface area contributed by atoms with E-state index in [4.69, 9.17) is 14.2 Å². The second-order valence-electron chi connectivity index (χ2n) is 16.5. The van der Waals surface area contributed by atoms with Gasteiger partial charge in [-0.3, -0.25) is 14.4 Å². The van der Waals surface area contributed by atoms with Gasteiger partial charge < -0.3 is 14.2 Å². The normalized spacial score (nSPS) is 13.1. The third-order valence-corrected chi connectivity index (χ3v) is 10.3. The lowest BCUT2D eigenvalue weighted by atomic mass is 10.1. The van der Waals surface area contributed by atoms with Gasteiger partial charge in [0, 0.05) is 19.3 Å². The number of hydrogen-bond acceptors (Lipinski definition) is 6. The average molecular weight is 885 g/mol. The Bertz CT molecular complexity index is 1390. The molecule has 0 fully saturated rings. The molecule has 0 bridgehead atoms. The monoisotopic (exact) mass is 885 g/mol. The van der Waals surface area contributed by atoms with E-state index in [9.17, 15) is 14.4 Å². The van der Waals surface area contributed by atoms with Crippen LogP contribution in [-0.2, 0) is 28.6 Å². The fourth-order valence-corrected chi connectivity index (χ4v) is 6.53. The van der Waals surface area contributed by atoms with Crippen molar-refractivity contribution < 1.29 is 28.6 Å². The average Bonchev–Trinajstić information content (AvgIpc) is 3.29. The van der Waals surface area contributed by atoms with Gasteiger partial charge in [-0.05, 0) is 89.9 Å². The molecular weight excluding hydrogens is 793 g/mol. The van der Waals surface area contributed by atoms with Crippen molar-refractivity contribution in [2.45, 2.75) is 213 Å². The molecule has 0 aromatic rings. The van der Waals surface area contributed by atoms with Gasteiger partial charge >= 0.3 is 17.9 Å². The summed E-state index contributed by atoms with van der Waals surface area (Å²) in [6.45, 7) is 6.25. The number of carbonyl (C=O) groups excluding carboxylic acids is 3. The van der Waals surface area contributed by atoms with Crippen LogP contribution in [-0.4, -0.2) is 37.2 Å². The lowest BCUT2D eigenvalue weighted by Gasteiger charge is -2.18. The zero-order valence-electron chi connectivity index (χ0n) is 41.0. The SMILES string of the molecule is CC\C=C/C=C\C=C/C=C\C=C/CCCC(=O)OCC(COC(=O)CCCCCCCCCCCC/C=C\C=C/CCCCC)OC(=O)CCCCCC/C=C\C/C=C\C/C=C\CC. The first-order chi connectivity index (χ1) is 31.5. The quantitative estimate of drug-likeness (QED) is 0.0199. The van der Waals surface area contributed by atoms with Crippen LogP contribution in [0.3, 0.4) is 0 Å². The van der Waals surface area contributed by atoms with Crippen LogP contribution in [0.5, 0.6) is 0 Å². The molecule has 1 atom stereocenters. The fraction of sp³-hybridized carbons (Fsp3) is 0.603. The molecule has 0 radical (unpaired) electrons. The lowest BCUT2D eigenvalue weighted by molar-refractivity contribution is -0.167. The molecule has 64 heavy (non-hydrogen) atoms. The molecule has 6 heteroatoms. The van der Waals surface area contributed by atoms with Crippen LogP contribution in [0.2, 0.25) is 0 Å². The fourth-order valence-electron chi connectivity index (χ4n) is 6.53. The van der Waals surface area contributed by atoms with E-state index in [2.05, 4.69) is 87.6 Å². The Morgan fingerprint density at radius 2 is 0.703 bits per heavy atom. The summed E-state index contributed by atoms with van der Waals surface area (Å²) in [5.41, 5.74) is 0. The molecule has 0 saturated heterocycles. The summed E-state index contributed by atoms with van der Waals surface area (Å²) in [5.74, 6) is -1.03. The Balaban J connectivity index is 4.49. The molecule has 0 N–H and O–H groups in total. The first-order valence-electron chi connectivity index (χ1n) is 25.6. The number of unbranched alkanes of at least 4 members (excludes halogenated alkanes) is 18. The van der Waals surface area contributed by atoms with Gasteiger partial charge in [0.15, 0.2) is 6.10 Å². The summed E-state index contributed by atoms with van der Waals surface area (Å²) in [7, 11) is 0. The Labute approximate surface area is 392 Å². The van der Waals surface area contributed by atoms with Gasteiger partial charge in [-0.25, -0.2) is 0 Å². The van der Waals surface area contributed by atoms with Crippen molar-refractivity contribution in [3.8, 4) is 0 Å². The van der Waals surface area contributed by atoms with Crippen LogP contribution < -0.4 is 0 Å². The van der Waals surface area contributed by atoms with Gasteiger partial charge in [0.1, 0.15) is 13.2 Å². The van der Waals surface area contributed by atoms with Crippen molar-refractivity contribution >= 4 is 17.9 Å². The number of ether oxygens (including phenoxy) is 3. The molecule has 0 aliphatic carbocycles. The van der Waals surface area contributed by atoms with E-state index in [1.807, 2.05) is 54.7 Å². The van der Waals surface area contributed by atoms with Crippen molar-refractivity contribution in [2.24, 2.45) is 0 Å². The zero-order chi connectivity index (χ0) is 46.5. The Hall–Kier alpha value is -4.19. The highest BCUT2D eigenvalue weighted by atomic mass is 16.6. The standard InChI is InChI=1S/C58H92O6/c1-4-7-10-13-16-19-22-25-27-28-29-30-31-34-36-39-42-45-48-51-57(60)63-54-55(53-62-56(59)50-47-44-41-38-35-32-24-21-18-15-12-9-6-3)64-58(61)52-49-46-43-40-37-33-26-23-20-17-14-11-8-5-2/h8-9,11-12,15-22,24-26,32-33,35,38,41,55H,4-7,10,13-14,23,27-31,34,36-37,39-40,42-54H2,1-3H3/b11-8-,12-9-,18-15-,19-16-,20-17-,24-21-,25-22-,33-26-,35-32-,41-38-. The third-order valence-electron chi connectivity index (χ3n) is 10.3. The number of rotatable bonds is 44. The minimum atomic E-state index is -0.823. The summed E-state index contributed by atoms with van der Waals surface area (Å²) >= 11 is 0. The van der Waals surface area contributed by atoms with Gasteiger partial charge in [-0.15, -0.1) is 0 Å².